The van der Waals surface area contributed by atoms with Gasteiger partial charge in [-0.25, -0.2) is 0 Å². The van der Waals surface area contributed by atoms with Crippen molar-refractivity contribution in [1.82, 2.24) is 0 Å². The maximum absolute atomic E-state index is 6.17. The minimum atomic E-state index is 0.182. The Bertz CT molecular complexity index is 436. The average Bonchev–Trinajstić information content (AvgIpc) is 2.45. The van der Waals surface area contributed by atoms with Crippen LogP contribution in [0.4, 0.5) is 0 Å². The SMILES string of the molecule is NC(CCCCc1ccccc1)c1ccccc1. The van der Waals surface area contributed by atoms with Crippen molar-refractivity contribution in [3.05, 3.63) is 71.8 Å². The molecule has 2 aromatic rings. The van der Waals surface area contributed by atoms with E-state index in [1.165, 1.54) is 24.0 Å². The first-order chi connectivity index (χ1) is 8.86. The molecule has 0 aliphatic rings. The highest BCUT2D eigenvalue weighted by atomic mass is 14.6. The molecule has 1 atom stereocenters. The molecule has 1 unspecified atom stereocenters. The van der Waals surface area contributed by atoms with E-state index >= 15 is 0 Å². The molecule has 0 fully saturated rings. The van der Waals surface area contributed by atoms with E-state index in [0.29, 0.717) is 0 Å². The lowest BCUT2D eigenvalue weighted by molar-refractivity contribution is 0.586. The molecule has 18 heavy (non-hydrogen) atoms. The van der Waals surface area contributed by atoms with Gasteiger partial charge < -0.3 is 5.73 Å². The molecule has 0 radical (unpaired) electrons. The van der Waals surface area contributed by atoms with Crippen LogP contribution in [0.2, 0.25) is 0 Å². The van der Waals surface area contributed by atoms with E-state index in [4.69, 9.17) is 5.73 Å². The van der Waals surface area contributed by atoms with Crippen LogP contribution in [-0.4, -0.2) is 0 Å². The topological polar surface area (TPSA) is 26.0 Å². The Labute approximate surface area is 110 Å². The van der Waals surface area contributed by atoms with E-state index in [0.717, 1.165) is 12.8 Å². The van der Waals surface area contributed by atoms with Crippen molar-refractivity contribution in [1.29, 1.82) is 0 Å². The van der Waals surface area contributed by atoms with Gasteiger partial charge in [-0.15, -0.1) is 0 Å². The lowest BCUT2D eigenvalue weighted by Gasteiger charge is -2.11. The van der Waals surface area contributed by atoms with E-state index in [1.54, 1.807) is 0 Å². The fourth-order valence-electron chi connectivity index (χ4n) is 2.20. The summed E-state index contributed by atoms with van der Waals surface area (Å²) in [6.07, 6.45) is 4.62. The summed E-state index contributed by atoms with van der Waals surface area (Å²) in [6.45, 7) is 0. The normalized spacial score (nSPS) is 12.3. The zero-order valence-electron chi connectivity index (χ0n) is 10.8. The molecule has 0 spiro atoms. The molecule has 2 rings (SSSR count). The Hall–Kier alpha value is -1.60. The van der Waals surface area contributed by atoms with Gasteiger partial charge in [0.05, 0.1) is 0 Å². The number of unbranched alkanes of at least 4 members (excludes halogenated alkanes) is 1. The molecular formula is C17H21N. The summed E-state index contributed by atoms with van der Waals surface area (Å²) in [7, 11) is 0. The first-order valence-corrected chi connectivity index (χ1v) is 6.71. The Morgan fingerprint density at radius 3 is 2.06 bits per heavy atom. The lowest BCUT2D eigenvalue weighted by atomic mass is 10.00. The zero-order valence-corrected chi connectivity index (χ0v) is 10.8. The molecule has 0 heterocycles. The molecule has 2 aromatic carbocycles. The Morgan fingerprint density at radius 2 is 1.39 bits per heavy atom. The van der Waals surface area contributed by atoms with Crippen LogP contribution in [0.5, 0.6) is 0 Å². The van der Waals surface area contributed by atoms with Gasteiger partial charge in [-0.1, -0.05) is 67.1 Å². The van der Waals surface area contributed by atoms with Crippen molar-refractivity contribution in [3.8, 4) is 0 Å². The first kappa shape index (κ1) is 12.8. The monoisotopic (exact) mass is 239 g/mol. The summed E-state index contributed by atoms with van der Waals surface area (Å²) in [6, 6.07) is 21.2. The van der Waals surface area contributed by atoms with Gasteiger partial charge in [0.25, 0.3) is 0 Å². The highest BCUT2D eigenvalue weighted by Gasteiger charge is 2.04. The molecule has 2 N–H and O–H groups in total. The quantitative estimate of drug-likeness (QED) is 0.755. The third-order valence-electron chi connectivity index (χ3n) is 3.30. The smallest absolute Gasteiger partial charge is 0.0294 e. The van der Waals surface area contributed by atoms with Crippen molar-refractivity contribution < 1.29 is 0 Å². The molecule has 0 aliphatic heterocycles. The summed E-state index contributed by atoms with van der Waals surface area (Å²) >= 11 is 0. The van der Waals surface area contributed by atoms with E-state index in [-0.39, 0.29) is 6.04 Å². The minimum Gasteiger partial charge on any atom is -0.324 e. The second kappa shape index (κ2) is 6.97. The van der Waals surface area contributed by atoms with Crippen LogP contribution in [0.25, 0.3) is 0 Å². The van der Waals surface area contributed by atoms with Gasteiger partial charge in [0.1, 0.15) is 0 Å². The molecule has 1 heteroatoms. The van der Waals surface area contributed by atoms with E-state index in [9.17, 15) is 0 Å². The maximum Gasteiger partial charge on any atom is 0.0294 e. The van der Waals surface area contributed by atoms with Crippen LogP contribution >= 0.6 is 0 Å². The molecule has 0 aromatic heterocycles. The van der Waals surface area contributed by atoms with E-state index in [2.05, 4.69) is 54.6 Å². The number of nitrogens with two attached hydrogens (primary N) is 1. The van der Waals surface area contributed by atoms with Crippen molar-refractivity contribution >= 4 is 0 Å². The standard InChI is InChI=1S/C17H21N/c18-17(16-12-5-2-6-13-16)14-8-7-11-15-9-3-1-4-10-15/h1-6,9-10,12-13,17H,7-8,11,14,18H2. The summed E-state index contributed by atoms with van der Waals surface area (Å²) in [5.41, 5.74) is 8.84. The van der Waals surface area contributed by atoms with Gasteiger partial charge in [-0.05, 0) is 30.4 Å². The summed E-state index contributed by atoms with van der Waals surface area (Å²) in [5, 5.41) is 0. The number of hydrogen-bond donors (Lipinski definition) is 1. The fraction of sp³-hybridized carbons (Fsp3) is 0.294. The number of hydrogen-bond acceptors (Lipinski definition) is 1. The van der Waals surface area contributed by atoms with Gasteiger partial charge in [0.15, 0.2) is 0 Å². The number of aryl methyl sites for hydroxylation is 1. The minimum absolute atomic E-state index is 0.182. The van der Waals surface area contributed by atoms with Gasteiger partial charge in [0.2, 0.25) is 0 Å². The van der Waals surface area contributed by atoms with Crippen LogP contribution in [-0.2, 0) is 6.42 Å². The summed E-state index contributed by atoms with van der Waals surface area (Å²) in [4.78, 5) is 0. The number of benzene rings is 2. The third-order valence-corrected chi connectivity index (χ3v) is 3.30. The van der Waals surface area contributed by atoms with Crippen molar-refractivity contribution in [2.75, 3.05) is 0 Å². The first-order valence-electron chi connectivity index (χ1n) is 6.71. The maximum atomic E-state index is 6.17. The second-order valence-corrected chi connectivity index (χ2v) is 4.75. The summed E-state index contributed by atoms with van der Waals surface area (Å²) < 4.78 is 0. The van der Waals surface area contributed by atoms with Crippen LogP contribution in [0.3, 0.4) is 0 Å². The molecule has 94 valence electrons. The average molecular weight is 239 g/mol. The Kier molecular flexibility index (Phi) is 4.98. The highest BCUT2D eigenvalue weighted by Crippen LogP contribution is 2.17. The highest BCUT2D eigenvalue weighted by molar-refractivity contribution is 5.18. The van der Waals surface area contributed by atoms with Crippen molar-refractivity contribution in [2.24, 2.45) is 5.73 Å². The van der Waals surface area contributed by atoms with Gasteiger partial charge in [-0.3, -0.25) is 0 Å². The molecule has 0 saturated heterocycles. The van der Waals surface area contributed by atoms with Crippen LogP contribution in [0.1, 0.15) is 36.4 Å². The van der Waals surface area contributed by atoms with Crippen molar-refractivity contribution in [3.63, 3.8) is 0 Å². The van der Waals surface area contributed by atoms with Gasteiger partial charge in [0, 0.05) is 6.04 Å². The fourth-order valence-corrected chi connectivity index (χ4v) is 2.20. The molecule has 0 bridgehead atoms. The molecule has 0 amide bonds. The Balaban J connectivity index is 1.70. The third kappa shape index (κ3) is 4.01. The van der Waals surface area contributed by atoms with Crippen LogP contribution in [0.15, 0.2) is 60.7 Å². The zero-order chi connectivity index (χ0) is 12.6. The lowest BCUT2D eigenvalue weighted by Crippen LogP contribution is -2.09. The number of rotatable bonds is 6. The van der Waals surface area contributed by atoms with Gasteiger partial charge in [-0.2, -0.15) is 0 Å². The molecule has 0 saturated carbocycles. The predicted octanol–water partition coefficient (Wildman–Crippen LogP) is 4.10. The Morgan fingerprint density at radius 1 is 0.778 bits per heavy atom. The second-order valence-electron chi connectivity index (χ2n) is 4.75. The molecule has 1 nitrogen and oxygen atoms in total. The van der Waals surface area contributed by atoms with E-state index in [1.807, 2.05) is 6.07 Å². The summed E-state index contributed by atoms with van der Waals surface area (Å²) in [5.74, 6) is 0. The van der Waals surface area contributed by atoms with E-state index < -0.39 is 0 Å². The van der Waals surface area contributed by atoms with Crippen LogP contribution in [0, 0.1) is 0 Å². The largest absolute Gasteiger partial charge is 0.324 e. The van der Waals surface area contributed by atoms with Crippen LogP contribution < -0.4 is 5.73 Å². The van der Waals surface area contributed by atoms with Crippen molar-refractivity contribution in [2.45, 2.75) is 31.7 Å². The predicted molar refractivity (Wildman–Crippen MR) is 77.4 cm³/mol. The van der Waals surface area contributed by atoms with Gasteiger partial charge >= 0.3 is 0 Å². The molecule has 0 aliphatic carbocycles. The molecular weight excluding hydrogens is 218 g/mol.